The van der Waals surface area contributed by atoms with Crippen LogP contribution in [0.1, 0.15) is 5.76 Å². The third-order valence-corrected chi connectivity index (χ3v) is 4.60. The number of ether oxygens (including phenoxy) is 2. The molecule has 0 bridgehead atoms. The second-order valence-electron chi connectivity index (χ2n) is 6.02. The molecule has 2 aliphatic heterocycles. The molecule has 9 nitrogen and oxygen atoms in total. The molecule has 0 radical (unpaired) electrons. The molecular formula is C14H20O9. The minimum Gasteiger partial charge on any atom is -0.466 e. The summed E-state index contributed by atoms with van der Waals surface area (Å²) in [5.74, 6) is 0.0576. The van der Waals surface area contributed by atoms with Crippen molar-refractivity contribution in [1.82, 2.24) is 0 Å². The number of aliphatic hydroxyl groups is 6. The van der Waals surface area contributed by atoms with Crippen LogP contribution in [0.5, 0.6) is 0 Å². The predicted octanol–water partition coefficient (Wildman–Crippen LogP) is -2.93. The number of hydrogen-bond acceptors (Lipinski definition) is 9. The highest BCUT2D eigenvalue weighted by Crippen LogP contribution is 2.45. The van der Waals surface area contributed by atoms with Gasteiger partial charge >= 0.3 is 0 Å². The van der Waals surface area contributed by atoms with E-state index in [9.17, 15) is 30.6 Å². The van der Waals surface area contributed by atoms with E-state index in [-0.39, 0.29) is 12.4 Å². The minimum atomic E-state index is -1.94. The van der Waals surface area contributed by atoms with E-state index in [1.54, 1.807) is 0 Å². The number of furan rings is 1. The Balaban J connectivity index is 2.05. The molecule has 3 rings (SSSR count). The van der Waals surface area contributed by atoms with Gasteiger partial charge < -0.3 is 44.5 Å². The first kappa shape index (κ1) is 16.8. The van der Waals surface area contributed by atoms with Gasteiger partial charge in [-0.05, 0) is 12.1 Å². The van der Waals surface area contributed by atoms with Crippen molar-refractivity contribution in [3.8, 4) is 0 Å². The quantitative estimate of drug-likeness (QED) is 0.341. The SMILES string of the molecule is OCC1(O)COC([C@@]2(c3ccco3)OC[C@H](O)[C@@H](O)[C@H]2O)[C@@H]1O. The lowest BCUT2D eigenvalue weighted by molar-refractivity contribution is -0.288. The van der Waals surface area contributed by atoms with Crippen molar-refractivity contribution >= 4 is 0 Å². The zero-order chi connectivity index (χ0) is 16.8. The topological polar surface area (TPSA) is 153 Å². The van der Waals surface area contributed by atoms with Crippen molar-refractivity contribution in [2.45, 2.75) is 41.7 Å². The molecule has 7 atom stereocenters. The van der Waals surface area contributed by atoms with Crippen LogP contribution in [0.25, 0.3) is 0 Å². The fraction of sp³-hybridized carbons (Fsp3) is 0.714. The lowest BCUT2D eigenvalue weighted by Gasteiger charge is -2.47. The van der Waals surface area contributed by atoms with Gasteiger partial charge in [0.25, 0.3) is 0 Å². The molecule has 0 spiro atoms. The number of aliphatic hydroxyl groups excluding tert-OH is 5. The summed E-state index contributed by atoms with van der Waals surface area (Å²) in [5, 5.41) is 60.1. The molecule has 1 aromatic heterocycles. The standard InChI is InChI=1S/C14H20O9/c15-5-13(20)6-22-12(11(13)19)14(8-2-1-3-21-8)10(18)9(17)7(16)4-23-14/h1-3,7,9-12,15-20H,4-6H2/t7-,9+,10+,11-,12?,13?,14-/m0/s1. The summed E-state index contributed by atoms with van der Waals surface area (Å²) in [6.07, 6.45) is -6.24. The van der Waals surface area contributed by atoms with Crippen molar-refractivity contribution in [1.29, 1.82) is 0 Å². The molecule has 6 N–H and O–H groups in total. The lowest BCUT2D eigenvalue weighted by atomic mass is 9.77. The Morgan fingerprint density at radius 3 is 2.48 bits per heavy atom. The highest BCUT2D eigenvalue weighted by Gasteiger charge is 2.65. The van der Waals surface area contributed by atoms with Gasteiger partial charge in [0.05, 0.1) is 26.1 Å². The molecule has 9 heteroatoms. The average molecular weight is 332 g/mol. The Hall–Kier alpha value is -1.04. The van der Waals surface area contributed by atoms with E-state index in [4.69, 9.17) is 13.9 Å². The maximum atomic E-state index is 10.5. The van der Waals surface area contributed by atoms with Crippen molar-refractivity contribution in [3.63, 3.8) is 0 Å². The third kappa shape index (κ3) is 2.32. The first-order valence-corrected chi connectivity index (χ1v) is 7.22. The first-order chi connectivity index (χ1) is 10.9. The molecule has 3 heterocycles. The van der Waals surface area contributed by atoms with Crippen molar-refractivity contribution in [3.05, 3.63) is 24.2 Å². The van der Waals surface area contributed by atoms with Gasteiger partial charge in [-0.25, -0.2) is 0 Å². The Morgan fingerprint density at radius 2 is 1.91 bits per heavy atom. The highest BCUT2D eigenvalue weighted by atomic mass is 16.6. The average Bonchev–Trinajstić information content (AvgIpc) is 3.17. The van der Waals surface area contributed by atoms with Crippen LogP contribution in [0.4, 0.5) is 0 Å². The van der Waals surface area contributed by atoms with Gasteiger partial charge in [-0.1, -0.05) is 0 Å². The van der Waals surface area contributed by atoms with Crippen molar-refractivity contribution < 1.29 is 44.5 Å². The van der Waals surface area contributed by atoms with E-state index in [0.29, 0.717) is 0 Å². The minimum absolute atomic E-state index is 0.0576. The van der Waals surface area contributed by atoms with Crippen LogP contribution in [-0.4, -0.2) is 86.6 Å². The Kier molecular flexibility index (Phi) is 4.23. The summed E-state index contributed by atoms with van der Waals surface area (Å²) in [5.41, 5.74) is -3.78. The molecule has 0 amide bonds. The van der Waals surface area contributed by atoms with E-state index in [1.807, 2.05) is 0 Å². The summed E-state index contributed by atoms with van der Waals surface area (Å²) < 4.78 is 16.2. The maximum Gasteiger partial charge on any atom is 0.182 e. The summed E-state index contributed by atoms with van der Waals surface area (Å²) in [6.45, 7) is -1.50. The van der Waals surface area contributed by atoms with Gasteiger partial charge in [0, 0.05) is 0 Å². The molecule has 2 fully saturated rings. The fourth-order valence-corrected chi connectivity index (χ4v) is 3.17. The van der Waals surface area contributed by atoms with Crippen LogP contribution >= 0.6 is 0 Å². The molecular weight excluding hydrogens is 312 g/mol. The van der Waals surface area contributed by atoms with Crippen molar-refractivity contribution in [2.75, 3.05) is 19.8 Å². The van der Waals surface area contributed by atoms with E-state index in [2.05, 4.69) is 0 Å². The second kappa shape index (κ2) is 5.80. The number of rotatable bonds is 3. The van der Waals surface area contributed by atoms with Gasteiger partial charge in [0.1, 0.15) is 41.9 Å². The van der Waals surface area contributed by atoms with Crippen LogP contribution in [0.2, 0.25) is 0 Å². The molecule has 2 aliphatic rings. The smallest absolute Gasteiger partial charge is 0.182 e. The molecule has 1 aromatic rings. The molecule has 23 heavy (non-hydrogen) atoms. The van der Waals surface area contributed by atoms with Gasteiger partial charge in [-0.15, -0.1) is 0 Å². The van der Waals surface area contributed by atoms with Crippen LogP contribution in [0.3, 0.4) is 0 Å². The van der Waals surface area contributed by atoms with E-state index < -0.39 is 54.9 Å². The zero-order valence-corrected chi connectivity index (χ0v) is 12.1. The summed E-state index contributed by atoms with van der Waals surface area (Å²) in [6, 6.07) is 2.98. The Morgan fingerprint density at radius 1 is 1.17 bits per heavy atom. The summed E-state index contributed by atoms with van der Waals surface area (Å²) in [4.78, 5) is 0. The molecule has 0 aromatic carbocycles. The molecule has 0 aliphatic carbocycles. The zero-order valence-electron chi connectivity index (χ0n) is 12.1. The van der Waals surface area contributed by atoms with Gasteiger partial charge in [0.2, 0.25) is 0 Å². The van der Waals surface area contributed by atoms with Gasteiger partial charge in [-0.2, -0.15) is 0 Å². The van der Waals surface area contributed by atoms with Crippen LogP contribution in [0.15, 0.2) is 22.8 Å². The molecule has 0 saturated carbocycles. The number of hydrogen-bond donors (Lipinski definition) is 6. The fourth-order valence-electron chi connectivity index (χ4n) is 3.17. The summed E-state index contributed by atoms with van der Waals surface area (Å²) in [7, 11) is 0. The van der Waals surface area contributed by atoms with Crippen LogP contribution in [-0.2, 0) is 15.1 Å². The third-order valence-electron chi connectivity index (χ3n) is 4.60. The van der Waals surface area contributed by atoms with Crippen LogP contribution in [0, 0.1) is 0 Å². The first-order valence-electron chi connectivity index (χ1n) is 7.22. The highest BCUT2D eigenvalue weighted by molar-refractivity contribution is 5.22. The van der Waals surface area contributed by atoms with Gasteiger partial charge in [0.15, 0.2) is 5.60 Å². The monoisotopic (exact) mass is 332 g/mol. The van der Waals surface area contributed by atoms with Gasteiger partial charge in [-0.3, -0.25) is 0 Å². The van der Waals surface area contributed by atoms with E-state index in [1.165, 1.54) is 18.4 Å². The Labute approximate surface area is 131 Å². The summed E-state index contributed by atoms with van der Waals surface area (Å²) >= 11 is 0. The van der Waals surface area contributed by atoms with Crippen LogP contribution < -0.4 is 0 Å². The van der Waals surface area contributed by atoms with E-state index in [0.717, 1.165) is 0 Å². The lowest BCUT2D eigenvalue weighted by Crippen LogP contribution is -2.66. The maximum absolute atomic E-state index is 10.5. The van der Waals surface area contributed by atoms with E-state index >= 15 is 0 Å². The Bertz CT molecular complexity index is 534. The molecule has 2 unspecified atom stereocenters. The largest absolute Gasteiger partial charge is 0.466 e. The normalized spacial score (nSPS) is 47.8. The van der Waals surface area contributed by atoms with Crippen molar-refractivity contribution in [2.24, 2.45) is 0 Å². The second-order valence-corrected chi connectivity index (χ2v) is 6.02. The molecule has 130 valence electrons. The molecule has 2 saturated heterocycles. The predicted molar refractivity (Wildman–Crippen MR) is 72.1 cm³/mol.